The van der Waals surface area contributed by atoms with E-state index in [0.29, 0.717) is 25.3 Å². The van der Waals surface area contributed by atoms with Crippen LogP contribution in [0.2, 0.25) is 0 Å². The molecule has 8 heteroatoms. The first kappa shape index (κ1) is 18.0. The molecule has 1 saturated heterocycles. The molecule has 2 amide bonds. The van der Waals surface area contributed by atoms with E-state index >= 15 is 0 Å². The smallest absolute Gasteiger partial charge is 0.225 e. The third kappa shape index (κ3) is 4.44. The molecular formula is C18H24N6O2. The molecule has 26 heavy (non-hydrogen) atoms. The first-order chi connectivity index (χ1) is 12.5. The lowest BCUT2D eigenvalue weighted by atomic mass is 10.2. The van der Waals surface area contributed by atoms with Crippen molar-refractivity contribution in [1.29, 1.82) is 0 Å². The van der Waals surface area contributed by atoms with Crippen LogP contribution in [0.25, 0.3) is 0 Å². The molecule has 0 aromatic carbocycles. The van der Waals surface area contributed by atoms with E-state index in [1.165, 1.54) is 6.92 Å². The number of likely N-dealkylation sites (tertiary alicyclic amines) is 1. The number of rotatable bonds is 6. The van der Waals surface area contributed by atoms with Gasteiger partial charge in [0.05, 0.1) is 24.0 Å². The number of hydrogen-bond donors (Lipinski definition) is 1. The van der Waals surface area contributed by atoms with Crippen LogP contribution in [0.5, 0.6) is 0 Å². The van der Waals surface area contributed by atoms with Gasteiger partial charge in [-0.05, 0) is 31.9 Å². The number of hydrogen-bond acceptors (Lipinski definition) is 5. The van der Waals surface area contributed by atoms with Crippen molar-refractivity contribution in [2.45, 2.75) is 52.2 Å². The molecule has 1 fully saturated rings. The highest BCUT2D eigenvalue weighted by atomic mass is 16.2. The molecule has 0 spiro atoms. The second kappa shape index (κ2) is 8.07. The van der Waals surface area contributed by atoms with E-state index in [9.17, 15) is 9.59 Å². The van der Waals surface area contributed by atoms with Gasteiger partial charge in [0.2, 0.25) is 11.8 Å². The van der Waals surface area contributed by atoms with E-state index in [1.807, 2.05) is 24.1 Å². The molecule has 0 unspecified atom stereocenters. The van der Waals surface area contributed by atoms with Gasteiger partial charge in [-0.3, -0.25) is 14.3 Å². The lowest BCUT2D eigenvalue weighted by Crippen LogP contribution is -2.32. The van der Waals surface area contributed by atoms with Crippen LogP contribution in [0.3, 0.4) is 0 Å². The van der Waals surface area contributed by atoms with Crippen LogP contribution >= 0.6 is 0 Å². The van der Waals surface area contributed by atoms with Crippen molar-refractivity contribution in [2.75, 3.05) is 6.54 Å². The van der Waals surface area contributed by atoms with Crippen molar-refractivity contribution in [3.05, 3.63) is 41.7 Å². The van der Waals surface area contributed by atoms with Gasteiger partial charge in [0.15, 0.2) is 5.82 Å². The quantitative estimate of drug-likeness (QED) is 0.844. The Morgan fingerprint density at radius 3 is 2.92 bits per heavy atom. The molecule has 0 aliphatic carbocycles. The van der Waals surface area contributed by atoms with Crippen LogP contribution in [0.15, 0.2) is 24.5 Å². The number of nitrogens with zero attached hydrogens (tertiary/aromatic N) is 5. The molecule has 8 nitrogen and oxygen atoms in total. The summed E-state index contributed by atoms with van der Waals surface area (Å²) < 4.78 is 1.79. The van der Waals surface area contributed by atoms with Crippen molar-refractivity contribution in [1.82, 2.24) is 30.0 Å². The molecular weight excluding hydrogens is 332 g/mol. The standard InChI is InChI=1S/C18H24N6O2/c1-13-6-10-23(22-13)11-7-17(26)24-9-3-4-16(24)18-19-8-5-15(21-18)12-20-14(2)25/h5-6,8,10,16H,3-4,7,9,11-12H2,1-2H3,(H,20,25)/t16-/m0/s1. The summed E-state index contributed by atoms with van der Waals surface area (Å²) in [6.07, 6.45) is 5.78. The first-order valence-corrected chi connectivity index (χ1v) is 8.88. The Labute approximate surface area is 152 Å². The summed E-state index contributed by atoms with van der Waals surface area (Å²) in [7, 11) is 0. The summed E-state index contributed by atoms with van der Waals surface area (Å²) in [5.74, 6) is 0.641. The molecule has 2 aromatic heterocycles. The average molecular weight is 356 g/mol. The van der Waals surface area contributed by atoms with E-state index in [-0.39, 0.29) is 17.9 Å². The molecule has 138 valence electrons. The lowest BCUT2D eigenvalue weighted by molar-refractivity contribution is -0.132. The maximum absolute atomic E-state index is 12.7. The van der Waals surface area contributed by atoms with Gasteiger partial charge in [0.1, 0.15) is 0 Å². The molecule has 0 radical (unpaired) electrons. The summed E-state index contributed by atoms with van der Waals surface area (Å²) in [6.45, 7) is 5.06. The Hall–Kier alpha value is -2.77. The molecule has 3 rings (SSSR count). The van der Waals surface area contributed by atoms with E-state index in [0.717, 1.165) is 30.8 Å². The Morgan fingerprint density at radius 1 is 1.35 bits per heavy atom. The van der Waals surface area contributed by atoms with E-state index < -0.39 is 0 Å². The van der Waals surface area contributed by atoms with Crippen molar-refractivity contribution in [2.24, 2.45) is 0 Å². The third-order valence-corrected chi connectivity index (χ3v) is 4.45. The Balaban J connectivity index is 1.64. The number of carbonyl (C=O) groups excluding carboxylic acids is 2. The second-order valence-electron chi connectivity index (χ2n) is 6.53. The van der Waals surface area contributed by atoms with Gasteiger partial charge in [0, 0.05) is 38.8 Å². The first-order valence-electron chi connectivity index (χ1n) is 8.88. The maximum Gasteiger partial charge on any atom is 0.225 e. The average Bonchev–Trinajstić information content (AvgIpc) is 3.27. The van der Waals surface area contributed by atoms with Gasteiger partial charge in [-0.25, -0.2) is 9.97 Å². The minimum absolute atomic E-state index is 0.0940. The van der Waals surface area contributed by atoms with Gasteiger partial charge in [-0.1, -0.05) is 0 Å². The summed E-state index contributed by atoms with van der Waals surface area (Å²) >= 11 is 0. The van der Waals surface area contributed by atoms with Crippen molar-refractivity contribution in [3.63, 3.8) is 0 Å². The van der Waals surface area contributed by atoms with Crippen molar-refractivity contribution < 1.29 is 9.59 Å². The third-order valence-electron chi connectivity index (χ3n) is 4.45. The minimum Gasteiger partial charge on any atom is -0.351 e. The zero-order valence-corrected chi connectivity index (χ0v) is 15.2. The Morgan fingerprint density at radius 2 is 2.19 bits per heavy atom. The predicted molar refractivity (Wildman–Crippen MR) is 94.8 cm³/mol. The fourth-order valence-electron chi connectivity index (χ4n) is 3.16. The summed E-state index contributed by atoms with van der Waals surface area (Å²) in [6, 6.07) is 3.61. The van der Waals surface area contributed by atoms with Crippen LogP contribution in [0.1, 0.15) is 49.4 Å². The zero-order chi connectivity index (χ0) is 18.5. The molecule has 2 aromatic rings. The maximum atomic E-state index is 12.7. The number of carbonyl (C=O) groups is 2. The molecule has 1 atom stereocenters. The molecule has 0 bridgehead atoms. The molecule has 1 aliphatic heterocycles. The van der Waals surface area contributed by atoms with Gasteiger partial charge in [-0.15, -0.1) is 0 Å². The van der Waals surface area contributed by atoms with Gasteiger partial charge in [-0.2, -0.15) is 5.10 Å². The predicted octanol–water partition coefficient (Wildman–Crippen LogP) is 1.37. The SMILES string of the molecule is CC(=O)NCc1ccnc([C@@H]2CCCN2C(=O)CCn2ccc(C)n2)n1. The number of aryl methyl sites for hydroxylation is 2. The Kier molecular flexibility index (Phi) is 5.60. The lowest BCUT2D eigenvalue weighted by Gasteiger charge is -2.24. The molecule has 1 aliphatic rings. The Bertz CT molecular complexity index is 787. The van der Waals surface area contributed by atoms with Gasteiger partial charge >= 0.3 is 0 Å². The summed E-state index contributed by atoms with van der Waals surface area (Å²) in [5, 5.41) is 7.05. The zero-order valence-electron chi connectivity index (χ0n) is 15.2. The van der Waals surface area contributed by atoms with Crippen LogP contribution in [-0.4, -0.2) is 43.0 Å². The molecule has 1 N–H and O–H groups in total. The number of nitrogens with one attached hydrogen (secondary N) is 1. The topological polar surface area (TPSA) is 93.0 Å². The van der Waals surface area contributed by atoms with Crippen LogP contribution in [-0.2, 0) is 22.7 Å². The fourth-order valence-corrected chi connectivity index (χ4v) is 3.16. The number of aromatic nitrogens is 4. The largest absolute Gasteiger partial charge is 0.351 e. The highest BCUT2D eigenvalue weighted by molar-refractivity contribution is 5.76. The van der Waals surface area contributed by atoms with Crippen LogP contribution in [0.4, 0.5) is 0 Å². The molecule has 0 saturated carbocycles. The fraction of sp³-hybridized carbons (Fsp3) is 0.500. The second-order valence-corrected chi connectivity index (χ2v) is 6.53. The molecule has 3 heterocycles. The summed E-state index contributed by atoms with van der Waals surface area (Å²) in [4.78, 5) is 34.5. The minimum atomic E-state index is -0.100. The highest BCUT2D eigenvalue weighted by Crippen LogP contribution is 2.30. The normalized spacial score (nSPS) is 16.7. The highest BCUT2D eigenvalue weighted by Gasteiger charge is 2.31. The van der Waals surface area contributed by atoms with E-state index in [2.05, 4.69) is 20.4 Å². The van der Waals surface area contributed by atoms with Crippen LogP contribution in [0, 0.1) is 6.92 Å². The number of amides is 2. The summed E-state index contributed by atoms with van der Waals surface area (Å²) in [5.41, 5.74) is 1.69. The van der Waals surface area contributed by atoms with Crippen molar-refractivity contribution in [3.8, 4) is 0 Å². The monoisotopic (exact) mass is 356 g/mol. The van der Waals surface area contributed by atoms with E-state index in [4.69, 9.17) is 0 Å². The van der Waals surface area contributed by atoms with Crippen LogP contribution < -0.4 is 5.32 Å². The van der Waals surface area contributed by atoms with E-state index in [1.54, 1.807) is 16.9 Å². The van der Waals surface area contributed by atoms with Crippen molar-refractivity contribution >= 4 is 11.8 Å². The van der Waals surface area contributed by atoms with Gasteiger partial charge < -0.3 is 10.2 Å². The van der Waals surface area contributed by atoms with Gasteiger partial charge in [0.25, 0.3) is 0 Å².